The van der Waals surface area contributed by atoms with E-state index in [9.17, 15) is 14.4 Å². The molecule has 2 amide bonds. The molecule has 0 atom stereocenters. The third kappa shape index (κ3) is 5.44. The maximum absolute atomic E-state index is 12.7. The van der Waals surface area contributed by atoms with E-state index in [1.54, 1.807) is 27.2 Å². The summed E-state index contributed by atoms with van der Waals surface area (Å²) in [4.78, 5) is 42.3. The van der Waals surface area contributed by atoms with Gasteiger partial charge in [-0.2, -0.15) is 5.10 Å². The highest BCUT2D eigenvalue weighted by atomic mass is 32.1. The Morgan fingerprint density at radius 2 is 1.72 bits per heavy atom. The van der Waals surface area contributed by atoms with Gasteiger partial charge in [0.1, 0.15) is 17.8 Å². The molecular formula is C20H26N4O4S. The lowest BCUT2D eigenvalue weighted by Crippen LogP contribution is -2.52. The molecule has 9 heteroatoms. The highest BCUT2D eigenvalue weighted by Crippen LogP contribution is 2.25. The lowest BCUT2D eigenvalue weighted by molar-refractivity contribution is -0.133. The first-order valence-electron chi connectivity index (χ1n) is 9.53. The average molecular weight is 419 g/mol. The van der Waals surface area contributed by atoms with Crippen molar-refractivity contribution in [1.29, 1.82) is 0 Å². The summed E-state index contributed by atoms with van der Waals surface area (Å²) in [6, 6.07) is 7.06. The molecule has 1 aliphatic heterocycles. The summed E-state index contributed by atoms with van der Waals surface area (Å²) < 4.78 is 6.57. The first-order valence-corrected chi connectivity index (χ1v) is 10.3. The van der Waals surface area contributed by atoms with E-state index in [1.807, 2.05) is 39.8 Å². The fourth-order valence-electron chi connectivity index (χ4n) is 2.96. The SMILES string of the molecule is Cc1ccc(-c2ccc(=O)n(CC(=O)N3CCN(C(=O)OC(C)(C)C)CC3)n2)s1. The molecule has 0 aliphatic carbocycles. The van der Waals surface area contributed by atoms with Gasteiger partial charge in [-0.3, -0.25) is 9.59 Å². The Kier molecular flexibility index (Phi) is 6.07. The molecule has 29 heavy (non-hydrogen) atoms. The van der Waals surface area contributed by atoms with Crippen LogP contribution >= 0.6 is 11.3 Å². The standard InChI is InChI=1S/C20H26N4O4S/c1-14-5-7-16(29-14)15-6-8-17(25)24(21-15)13-18(26)22-9-11-23(12-10-22)19(27)28-20(2,3)4/h5-8H,9-13H2,1-4H3. The highest BCUT2D eigenvalue weighted by molar-refractivity contribution is 7.15. The quantitative estimate of drug-likeness (QED) is 0.764. The predicted molar refractivity (Wildman–Crippen MR) is 111 cm³/mol. The van der Waals surface area contributed by atoms with Crippen LogP contribution in [0.2, 0.25) is 0 Å². The molecular weight excluding hydrogens is 392 g/mol. The molecule has 3 heterocycles. The number of ether oxygens (including phenoxy) is 1. The van der Waals surface area contributed by atoms with E-state index in [0.717, 1.165) is 9.75 Å². The Bertz CT molecular complexity index is 952. The minimum Gasteiger partial charge on any atom is -0.444 e. The van der Waals surface area contributed by atoms with Crippen LogP contribution in [-0.2, 0) is 16.1 Å². The number of rotatable bonds is 3. The van der Waals surface area contributed by atoms with Crippen molar-refractivity contribution in [2.24, 2.45) is 0 Å². The third-order valence-corrected chi connectivity index (χ3v) is 5.45. The largest absolute Gasteiger partial charge is 0.444 e. The van der Waals surface area contributed by atoms with Crippen LogP contribution < -0.4 is 5.56 Å². The lowest BCUT2D eigenvalue weighted by atomic mass is 10.2. The number of carbonyl (C=O) groups excluding carboxylic acids is 2. The molecule has 156 valence electrons. The van der Waals surface area contributed by atoms with E-state index >= 15 is 0 Å². The topological polar surface area (TPSA) is 84.7 Å². The Hall–Kier alpha value is -2.68. The molecule has 1 aliphatic rings. The normalized spacial score (nSPS) is 14.8. The molecule has 3 rings (SSSR count). The molecule has 0 radical (unpaired) electrons. The van der Waals surface area contributed by atoms with E-state index in [-0.39, 0.29) is 24.1 Å². The Morgan fingerprint density at radius 3 is 2.31 bits per heavy atom. The molecule has 1 fully saturated rings. The van der Waals surface area contributed by atoms with Crippen molar-refractivity contribution in [3.63, 3.8) is 0 Å². The van der Waals surface area contributed by atoms with Crippen LogP contribution in [0.25, 0.3) is 10.6 Å². The van der Waals surface area contributed by atoms with Crippen LogP contribution in [0.4, 0.5) is 4.79 Å². The van der Waals surface area contributed by atoms with E-state index in [0.29, 0.717) is 31.9 Å². The number of thiophene rings is 1. The number of nitrogens with zero attached hydrogens (tertiary/aromatic N) is 4. The fraction of sp³-hybridized carbons (Fsp3) is 0.500. The predicted octanol–water partition coefficient (Wildman–Crippen LogP) is 2.36. The van der Waals surface area contributed by atoms with Crippen LogP contribution in [-0.4, -0.2) is 63.4 Å². The zero-order valence-corrected chi connectivity index (χ0v) is 18.0. The molecule has 0 saturated carbocycles. The van der Waals surface area contributed by atoms with Crippen molar-refractivity contribution in [1.82, 2.24) is 19.6 Å². The molecule has 2 aromatic rings. The number of hydrogen-bond donors (Lipinski definition) is 0. The second-order valence-electron chi connectivity index (χ2n) is 7.97. The van der Waals surface area contributed by atoms with Gasteiger partial charge in [0, 0.05) is 37.1 Å². The number of carbonyl (C=O) groups is 2. The third-order valence-electron chi connectivity index (χ3n) is 4.43. The van der Waals surface area contributed by atoms with Gasteiger partial charge in [0.25, 0.3) is 5.56 Å². The molecule has 0 bridgehead atoms. The number of aryl methyl sites for hydroxylation is 1. The van der Waals surface area contributed by atoms with Crippen LogP contribution in [0.15, 0.2) is 29.1 Å². The maximum atomic E-state index is 12.7. The van der Waals surface area contributed by atoms with Crippen LogP contribution in [0.1, 0.15) is 25.6 Å². The molecule has 0 aromatic carbocycles. The van der Waals surface area contributed by atoms with Gasteiger partial charge in [0.2, 0.25) is 5.91 Å². The Morgan fingerprint density at radius 1 is 1.07 bits per heavy atom. The van der Waals surface area contributed by atoms with E-state index in [4.69, 9.17) is 4.74 Å². The summed E-state index contributed by atoms with van der Waals surface area (Å²) in [5.74, 6) is -0.192. The summed E-state index contributed by atoms with van der Waals surface area (Å²) in [5.41, 5.74) is -0.198. The van der Waals surface area contributed by atoms with Crippen LogP contribution in [0, 0.1) is 6.92 Å². The van der Waals surface area contributed by atoms with Gasteiger partial charge in [-0.25, -0.2) is 9.48 Å². The van der Waals surface area contributed by atoms with Crippen molar-refractivity contribution in [2.45, 2.75) is 39.8 Å². The summed E-state index contributed by atoms with van der Waals surface area (Å²) >= 11 is 1.59. The van der Waals surface area contributed by atoms with E-state index in [1.165, 1.54) is 10.7 Å². The van der Waals surface area contributed by atoms with Gasteiger partial charge in [0.15, 0.2) is 0 Å². The Balaban J connectivity index is 1.61. The maximum Gasteiger partial charge on any atom is 0.410 e. The van der Waals surface area contributed by atoms with Crippen molar-refractivity contribution in [2.75, 3.05) is 26.2 Å². The Labute approximate surface area is 173 Å². The second-order valence-corrected chi connectivity index (χ2v) is 9.26. The summed E-state index contributed by atoms with van der Waals surface area (Å²) in [7, 11) is 0. The van der Waals surface area contributed by atoms with Crippen molar-refractivity contribution >= 4 is 23.3 Å². The summed E-state index contributed by atoms with van der Waals surface area (Å²) in [6.45, 7) is 8.94. The number of amides is 2. The highest BCUT2D eigenvalue weighted by Gasteiger charge is 2.27. The minimum absolute atomic E-state index is 0.122. The number of piperazine rings is 1. The minimum atomic E-state index is -0.553. The van der Waals surface area contributed by atoms with Gasteiger partial charge in [0.05, 0.1) is 4.88 Å². The van der Waals surface area contributed by atoms with Gasteiger partial charge < -0.3 is 14.5 Å². The lowest BCUT2D eigenvalue weighted by Gasteiger charge is -2.35. The monoisotopic (exact) mass is 418 g/mol. The summed E-state index contributed by atoms with van der Waals surface area (Å²) in [5, 5.41) is 4.36. The molecule has 0 spiro atoms. The first kappa shape index (κ1) is 21.0. The van der Waals surface area contributed by atoms with Crippen molar-refractivity contribution in [3.05, 3.63) is 39.5 Å². The van der Waals surface area contributed by atoms with Gasteiger partial charge in [-0.05, 0) is 45.9 Å². The molecule has 2 aromatic heterocycles. The average Bonchev–Trinajstić information content (AvgIpc) is 3.08. The summed E-state index contributed by atoms with van der Waals surface area (Å²) in [6.07, 6.45) is -0.374. The van der Waals surface area contributed by atoms with E-state index < -0.39 is 5.60 Å². The number of hydrogen-bond acceptors (Lipinski definition) is 6. The zero-order valence-electron chi connectivity index (χ0n) is 17.2. The van der Waals surface area contributed by atoms with Crippen LogP contribution in [0.3, 0.4) is 0 Å². The van der Waals surface area contributed by atoms with Crippen molar-refractivity contribution in [3.8, 4) is 10.6 Å². The van der Waals surface area contributed by atoms with Gasteiger partial charge >= 0.3 is 6.09 Å². The fourth-order valence-corrected chi connectivity index (χ4v) is 3.79. The molecule has 0 unspecified atom stereocenters. The molecule has 8 nitrogen and oxygen atoms in total. The second kappa shape index (κ2) is 8.36. The van der Waals surface area contributed by atoms with Crippen LogP contribution in [0.5, 0.6) is 0 Å². The smallest absolute Gasteiger partial charge is 0.410 e. The molecule has 1 saturated heterocycles. The van der Waals surface area contributed by atoms with E-state index in [2.05, 4.69) is 5.10 Å². The van der Waals surface area contributed by atoms with Crippen molar-refractivity contribution < 1.29 is 14.3 Å². The number of aromatic nitrogens is 2. The van der Waals surface area contributed by atoms with Gasteiger partial charge in [-0.1, -0.05) is 0 Å². The first-order chi connectivity index (χ1) is 13.6. The zero-order chi connectivity index (χ0) is 21.2. The molecule has 0 N–H and O–H groups in total. The van der Waals surface area contributed by atoms with Gasteiger partial charge in [-0.15, -0.1) is 11.3 Å².